The molecule has 0 atom stereocenters. The summed E-state index contributed by atoms with van der Waals surface area (Å²) in [6.45, 7) is 18.6. The largest absolute Gasteiger partial charge is 0.480 e. The molecule has 0 aromatic carbocycles. The monoisotopic (exact) mass is 558 g/mol. The highest BCUT2D eigenvalue weighted by atomic mass is 16.6. The SMILES string of the molecule is CC(C)(C)OC(=O)CN1CCN(CC(=O)O)CCN(CC(=O)OC(C)(C)C)CN(CC(=O)OC(C)(C)C)CC1. The van der Waals surface area contributed by atoms with Gasteiger partial charge < -0.3 is 19.3 Å². The van der Waals surface area contributed by atoms with Crippen LogP contribution in [0.2, 0.25) is 0 Å². The van der Waals surface area contributed by atoms with E-state index in [0.717, 1.165) is 0 Å². The number of rotatable bonds is 8. The maximum Gasteiger partial charge on any atom is 0.320 e. The molecule has 226 valence electrons. The van der Waals surface area contributed by atoms with Crippen molar-refractivity contribution in [3.8, 4) is 0 Å². The number of carboxylic acid groups (broad SMARTS) is 1. The lowest BCUT2D eigenvalue weighted by molar-refractivity contribution is -0.159. The van der Waals surface area contributed by atoms with Crippen molar-refractivity contribution in [2.24, 2.45) is 0 Å². The van der Waals surface area contributed by atoms with Crippen molar-refractivity contribution in [1.29, 1.82) is 0 Å². The molecule has 0 aromatic heterocycles. The summed E-state index contributed by atoms with van der Waals surface area (Å²) in [5, 5.41) is 9.44. The Bertz CT molecular complexity index is 829. The van der Waals surface area contributed by atoms with Crippen LogP contribution in [0.5, 0.6) is 0 Å². The van der Waals surface area contributed by atoms with Crippen molar-refractivity contribution in [3.05, 3.63) is 0 Å². The van der Waals surface area contributed by atoms with Crippen molar-refractivity contribution in [3.63, 3.8) is 0 Å². The molecule has 12 nitrogen and oxygen atoms in total. The molecule has 1 aliphatic rings. The summed E-state index contributed by atoms with van der Waals surface area (Å²) in [6, 6.07) is 0. The fraction of sp³-hybridized carbons (Fsp3) is 0.852. The number of nitrogens with zero attached hydrogens (tertiary/aromatic N) is 4. The number of carboxylic acids is 1. The summed E-state index contributed by atoms with van der Waals surface area (Å²) in [5.74, 6) is -2.16. The third-order valence-corrected chi connectivity index (χ3v) is 5.27. The summed E-state index contributed by atoms with van der Waals surface area (Å²) in [7, 11) is 0. The highest BCUT2D eigenvalue weighted by Crippen LogP contribution is 2.12. The quantitative estimate of drug-likeness (QED) is 0.340. The van der Waals surface area contributed by atoms with Gasteiger partial charge in [0.2, 0.25) is 0 Å². The molecule has 0 spiro atoms. The van der Waals surface area contributed by atoms with Gasteiger partial charge in [-0.1, -0.05) is 0 Å². The van der Waals surface area contributed by atoms with Gasteiger partial charge in [-0.05, 0) is 62.3 Å². The van der Waals surface area contributed by atoms with Gasteiger partial charge in [-0.2, -0.15) is 0 Å². The van der Waals surface area contributed by atoms with Crippen LogP contribution in [0.15, 0.2) is 0 Å². The zero-order valence-corrected chi connectivity index (χ0v) is 25.4. The minimum atomic E-state index is -0.964. The normalized spacial score (nSPS) is 18.2. The van der Waals surface area contributed by atoms with Gasteiger partial charge in [0, 0.05) is 39.3 Å². The van der Waals surface area contributed by atoms with E-state index in [1.165, 1.54) is 0 Å². The van der Waals surface area contributed by atoms with Crippen LogP contribution in [-0.4, -0.2) is 138 Å². The maximum absolute atomic E-state index is 12.7. The Labute approximate surface area is 233 Å². The molecular formula is C27H50N4O8. The van der Waals surface area contributed by atoms with E-state index in [-0.39, 0.29) is 38.8 Å². The first kappa shape index (κ1) is 34.7. The topological polar surface area (TPSA) is 129 Å². The molecule has 1 aliphatic heterocycles. The van der Waals surface area contributed by atoms with Crippen LogP contribution in [0, 0.1) is 0 Å². The molecule has 0 bridgehead atoms. The lowest BCUT2D eigenvalue weighted by Crippen LogP contribution is -2.48. The Morgan fingerprint density at radius 3 is 1.05 bits per heavy atom. The summed E-state index contributed by atoms with van der Waals surface area (Å²) in [5.41, 5.74) is -1.94. The minimum Gasteiger partial charge on any atom is -0.480 e. The van der Waals surface area contributed by atoms with Crippen molar-refractivity contribution in [2.45, 2.75) is 79.1 Å². The number of esters is 3. The van der Waals surface area contributed by atoms with Gasteiger partial charge >= 0.3 is 23.9 Å². The summed E-state index contributed by atoms with van der Waals surface area (Å²) in [4.78, 5) is 56.9. The zero-order valence-electron chi connectivity index (χ0n) is 25.4. The second-order valence-corrected chi connectivity index (χ2v) is 13.0. The van der Waals surface area contributed by atoms with Crippen LogP contribution in [0.3, 0.4) is 0 Å². The van der Waals surface area contributed by atoms with Crippen molar-refractivity contribution in [2.75, 3.05) is 72.1 Å². The van der Waals surface area contributed by atoms with E-state index in [9.17, 15) is 24.3 Å². The molecule has 0 unspecified atom stereocenters. The van der Waals surface area contributed by atoms with Crippen molar-refractivity contribution < 1.29 is 38.5 Å². The first-order valence-corrected chi connectivity index (χ1v) is 13.5. The third kappa shape index (κ3) is 17.8. The van der Waals surface area contributed by atoms with Crippen LogP contribution >= 0.6 is 0 Å². The van der Waals surface area contributed by atoms with Gasteiger partial charge in [-0.25, -0.2) is 0 Å². The average molecular weight is 559 g/mol. The molecule has 1 fully saturated rings. The Hall–Kier alpha value is -2.28. The Morgan fingerprint density at radius 1 is 0.513 bits per heavy atom. The maximum atomic E-state index is 12.7. The van der Waals surface area contributed by atoms with Crippen LogP contribution in [-0.2, 0) is 33.4 Å². The van der Waals surface area contributed by atoms with E-state index in [0.29, 0.717) is 39.3 Å². The van der Waals surface area contributed by atoms with E-state index in [2.05, 4.69) is 0 Å². The van der Waals surface area contributed by atoms with Crippen LogP contribution < -0.4 is 0 Å². The number of carbonyl (C=O) groups is 4. The van der Waals surface area contributed by atoms with Crippen LogP contribution in [0.1, 0.15) is 62.3 Å². The van der Waals surface area contributed by atoms with E-state index < -0.39 is 34.7 Å². The predicted molar refractivity (Wildman–Crippen MR) is 146 cm³/mol. The lowest BCUT2D eigenvalue weighted by Gasteiger charge is -2.32. The van der Waals surface area contributed by atoms with Gasteiger partial charge in [0.1, 0.15) is 16.8 Å². The second kappa shape index (κ2) is 14.9. The molecule has 1 heterocycles. The summed E-state index contributed by atoms with van der Waals surface area (Å²) < 4.78 is 16.5. The van der Waals surface area contributed by atoms with E-state index in [4.69, 9.17) is 14.2 Å². The Balaban J connectivity index is 3.18. The zero-order chi connectivity index (χ0) is 30.0. The van der Waals surface area contributed by atoms with Crippen LogP contribution in [0.4, 0.5) is 0 Å². The molecular weight excluding hydrogens is 508 g/mol. The minimum absolute atomic E-state index is 0.0127. The summed E-state index contributed by atoms with van der Waals surface area (Å²) in [6.07, 6.45) is 0. The Morgan fingerprint density at radius 2 is 0.769 bits per heavy atom. The molecule has 0 aromatic rings. The number of carbonyl (C=O) groups excluding carboxylic acids is 3. The standard InChI is InChI=1S/C27H50N4O8/c1-25(2,3)37-22(34)17-29-11-10-28(16-21(32)33)12-14-30(18-23(35)38-26(4,5)6)20-31(15-13-29)19-24(36)39-27(7,8)9/h10-20H2,1-9H3,(H,32,33). The van der Waals surface area contributed by atoms with E-state index >= 15 is 0 Å². The van der Waals surface area contributed by atoms with E-state index in [1.807, 2.05) is 14.7 Å². The molecule has 0 aliphatic carbocycles. The fourth-order valence-electron chi connectivity index (χ4n) is 3.93. The molecule has 1 saturated heterocycles. The molecule has 1 N–H and O–H groups in total. The molecule has 12 heteroatoms. The molecule has 0 amide bonds. The molecule has 0 radical (unpaired) electrons. The lowest BCUT2D eigenvalue weighted by atomic mass is 10.2. The fourth-order valence-corrected chi connectivity index (χ4v) is 3.93. The van der Waals surface area contributed by atoms with Crippen molar-refractivity contribution >= 4 is 23.9 Å². The van der Waals surface area contributed by atoms with Crippen molar-refractivity contribution in [1.82, 2.24) is 19.6 Å². The van der Waals surface area contributed by atoms with Gasteiger partial charge in [0.15, 0.2) is 0 Å². The number of ether oxygens (including phenoxy) is 3. The number of hydrogen-bond acceptors (Lipinski definition) is 11. The second-order valence-electron chi connectivity index (χ2n) is 13.0. The number of aliphatic carboxylic acids is 1. The Kier molecular flexibility index (Phi) is 13.3. The predicted octanol–water partition coefficient (Wildman–Crippen LogP) is 1.28. The summed E-state index contributed by atoms with van der Waals surface area (Å²) >= 11 is 0. The smallest absolute Gasteiger partial charge is 0.320 e. The van der Waals surface area contributed by atoms with Gasteiger partial charge in [-0.3, -0.25) is 38.8 Å². The highest BCUT2D eigenvalue weighted by Gasteiger charge is 2.27. The van der Waals surface area contributed by atoms with Gasteiger partial charge in [0.05, 0.1) is 32.8 Å². The first-order chi connectivity index (χ1) is 17.7. The molecule has 1 rings (SSSR count). The van der Waals surface area contributed by atoms with E-state index in [1.54, 1.807) is 67.2 Å². The van der Waals surface area contributed by atoms with Gasteiger partial charge in [0.25, 0.3) is 0 Å². The molecule has 0 saturated carbocycles. The number of hydrogen-bond donors (Lipinski definition) is 1. The molecule has 39 heavy (non-hydrogen) atoms. The average Bonchev–Trinajstić information content (AvgIpc) is 2.70. The third-order valence-electron chi connectivity index (χ3n) is 5.27. The first-order valence-electron chi connectivity index (χ1n) is 13.5. The van der Waals surface area contributed by atoms with Gasteiger partial charge in [-0.15, -0.1) is 0 Å². The van der Waals surface area contributed by atoms with Crippen LogP contribution in [0.25, 0.3) is 0 Å². The highest BCUT2D eigenvalue weighted by molar-refractivity contribution is 5.73.